The van der Waals surface area contributed by atoms with Gasteiger partial charge in [-0.3, -0.25) is 14.4 Å². The molecule has 0 bridgehead atoms. The number of nitriles is 1. The topological polar surface area (TPSA) is 125 Å². The van der Waals surface area contributed by atoms with Crippen LogP contribution in [0.3, 0.4) is 0 Å². The summed E-state index contributed by atoms with van der Waals surface area (Å²) in [4.78, 5) is 34.8. The van der Waals surface area contributed by atoms with Crippen molar-refractivity contribution < 1.29 is 14.4 Å². The van der Waals surface area contributed by atoms with E-state index in [1.807, 2.05) is 6.07 Å². The quantitative estimate of drug-likeness (QED) is 0.760. The van der Waals surface area contributed by atoms with Gasteiger partial charge in [0.2, 0.25) is 5.91 Å². The summed E-state index contributed by atoms with van der Waals surface area (Å²) in [5, 5.41) is 13.9. The number of anilines is 1. The number of rotatable bonds is 5. The van der Waals surface area contributed by atoms with E-state index in [4.69, 9.17) is 11.0 Å². The maximum absolute atomic E-state index is 12.2. The number of nitrogens with one attached hydrogen (secondary N) is 2. The van der Waals surface area contributed by atoms with Crippen molar-refractivity contribution in [3.05, 3.63) is 65.2 Å². The minimum atomic E-state index is -0.648. The van der Waals surface area contributed by atoms with Crippen LogP contribution in [-0.4, -0.2) is 24.3 Å². The SMILES string of the molecule is N#Cc1cccc(C(=O)Nc2cccc(C(=O)NCC(N)=O)c2)c1. The minimum Gasteiger partial charge on any atom is -0.368 e. The average molecular weight is 322 g/mol. The molecular formula is C17H14N4O3. The van der Waals surface area contributed by atoms with Gasteiger partial charge < -0.3 is 16.4 Å². The summed E-state index contributed by atoms with van der Waals surface area (Å²) >= 11 is 0. The van der Waals surface area contributed by atoms with Crippen LogP contribution in [0.25, 0.3) is 0 Å². The zero-order valence-electron chi connectivity index (χ0n) is 12.6. The van der Waals surface area contributed by atoms with E-state index < -0.39 is 17.7 Å². The number of benzene rings is 2. The largest absolute Gasteiger partial charge is 0.368 e. The third-order valence-corrected chi connectivity index (χ3v) is 3.06. The Balaban J connectivity index is 2.11. The van der Waals surface area contributed by atoms with Gasteiger partial charge in [0.05, 0.1) is 18.2 Å². The van der Waals surface area contributed by atoms with Crippen LogP contribution >= 0.6 is 0 Å². The number of primary amides is 1. The molecule has 0 unspecified atom stereocenters. The molecule has 2 aromatic carbocycles. The monoisotopic (exact) mass is 322 g/mol. The molecule has 2 aromatic rings. The third-order valence-electron chi connectivity index (χ3n) is 3.06. The molecule has 0 saturated heterocycles. The van der Waals surface area contributed by atoms with Gasteiger partial charge in [-0.25, -0.2) is 0 Å². The van der Waals surface area contributed by atoms with Crippen LogP contribution in [0.4, 0.5) is 5.69 Å². The Morgan fingerprint density at radius 2 is 1.67 bits per heavy atom. The highest BCUT2D eigenvalue weighted by Gasteiger charge is 2.10. The normalized spacial score (nSPS) is 9.62. The molecule has 0 heterocycles. The minimum absolute atomic E-state index is 0.267. The molecule has 120 valence electrons. The Hall–Kier alpha value is -3.66. The van der Waals surface area contributed by atoms with Crippen molar-refractivity contribution in [2.75, 3.05) is 11.9 Å². The van der Waals surface area contributed by atoms with Crippen LogP contribution in [0.15, 0.2) is 48.5 Å². The van der Waals surface area contributed by atoms with Crippen molar-refractivity contribution in [3.63, 3.8) is 0 Å². The van der Waals surface area contributed by atoms with Gasteiger partial charge in [-0.1, -0.05) is 12.1 Å². The zero-order chi connectivity index (χ0) is 17.5. The Kier molecular flexibility index (Phi) is 5.26. The van der Waals surface area contributed by atoms with Crippen molar-refractivity contribution in [1.82, 2.24) is 5.32 Å². The molecule has 0 saturated carbocycles. The molecule has 7 nitrogen and oxygen atoms in total. The van der Waals surface area contributed by atoms with E-state index in [1.54, 1.807) is 36.4 Å². The Labute approximate surface area is 138 Å². The maximum Gasteiger partial charge on any atom is 0.255 e. The van der Waals surface area contributed by atoms with E-state index in [-0.39, 0.29) is 12.1 Å². The van der Waals surface area contributed by atoms with Gasteiger partial charge in [-0.2, -0.15) is 5.26 Å². The fourth-order valence-electron chi connectivity index (χ4n) is 1.94. The standard InChI is InChI=1S/C17H14N4O3/c18-9-11-3-1-4-12(7-11)17(24)21-14-6-2-5-13(8-14)16(23)20-10-15(19)22/h1-8H,10H2,(H2,19,22)(H,20,23)(H,21,24). The van der Waals surface area contributed by atoms with E-state index in [1.165, 1.54) is 12.1 Å². The molecule has 0 aliphatic carbocycles. The van der Waals surface area contributed by atoms with Gasteiger partial charge in [-0.15, -0.1) is 0 Å². The highest BCUT2D eigenvalue weighted by atomic mass is 16.2. The molecule has 24 heavy (non-hydrogen) atoms. The number of carbonyl (C=O) groups excluding carboxylic acids is 3. The van der Waals surface area contributed by atoms with E-state index in [9.17, 15) is 14.4 Å². The maximum atomic E-state index is 12.2. The molecule has 0 aliphatic heterocycles. The summed E-state index contributed by atoms with van der Waals surface area (Å²) in [7, 11) is 0. The summed E-state index contributed by atoms with van der Waals surface area (Å²) in [5.41, 5.74) is 6.37. The first-order valence-corrected chi connectivity index (χ1v) is 6.97. The molecule has 3 amide bonds. The second-order valence-corrected chi connectivity index (χ2v) is 4.88. The lowest BCUT2D eigenvalue weighted by Gasteiger charge is -2.08. The highest BCUT2D eigenvalue weighted by Crippen LogP contribution is 2.13. The molecule has 4 N–H and O–H groups in total. The average Bonchev–Trinajstić information content (AvgIpc) is 2.59. The highest BCUT2D eigenvalue weighted by molar-refractivity contribution is 6.05. The number of hydrogen-bond acceptors (Lipinski definition) is 4. The summed E-state index contributed by atoms with van der Waals surface area (Å²) in [5.74, 6) is -1.52. The van der Waals surface area contributed by atoms with Gasteiger partial charge in [0.25, 0.3) is 11.8 Å². The van der Waals surface area contributed by atoms with E-state index in [0.717, 1.165) is 0 Å². The number of amides is 3. The summed E-state index contributed by atoms with van der Waals surface area (Å²) in [6, 6.07) is 14.5. The second kappa shape index (κ2) is 7.56. The van der Waals surface area contributed by atoms with Gasteiger partial charge in [-0.05, 0) is 36.4 Å². The predicted octanol–water partition coefficient (Wildman–Crippen LogP) is 1.03. The van der Waals surface area contributed by atoms with Gasteiger partial charge in [0.1, 0.15) is 0 Å². The van der Waals surface area contributed by atoms with E-state index in [0.29, 0.717) is 16.8 Å². The lowest BCUT2D eigenvalue weighted by atomic mass is 10.1. The van der Waals surface area contributed by atoms with E-state index >= 15 is 0 Å². The number of hydrogen-bond donors (Lipinski definition) is 3. The lowest BCUT2D eigenvalue weighted by Crippen LogP contribution is -2.33. The van der Waals surface area contributed by atoms with Crippen molar-refractivity contribution in [3.8, 4) is 6.07 Å². The van der Waals surface area contributed by atoms with Crippen molar-refractivity contribution in [1.29, 1.82) is 5.26 Å². The molecule has 0 spiro atoms. The van der Waals surface area contributed by atoms with Crippen molar-refractivity contribution in [2.24, 2.45) is 5.73 Å². The number of carbonyl (C=O) groups is 3. The van der Waals surface area contributed by atoms with Crippen molar-refractivity contribution >= 4 is 23.4 Å². The molecule has 0 aromatic heterocycles. The third kappa shape index (κ3) is 4.42. The van der Waals surface area contributed by atoms with Gasteiger partial charge in [0, 0.05) is 16.8 Å². The molecule has 0 atom stereocenters. The van der Waals surface area contributed by atoms with Crippen molar-refractivity contribution in [2.45, 2.75) is 0 Å². The number of nitrogens with two attached hydrogens (primary N) is 1. The zero-order valence-corrected chi connectivity index (χ0v) is 12.6. The van der Waals surface area contributed by atoms with Crippen LogP contribution in [0.5, 0.6) is 0 Å². The van der Waals surface area contributed by atoms with Gasteiger partial charge >= 0.3 is 0 Å². The van der Waals surface area contributed by atoms with Gasteiger partial charge in [0.15, 0.2) is 0 Å². The predicted molar refractivity (Wildman–Crippen MR) is 87.1 cm³/mol. The summed E-state index contributed by atoms with van der Waals surface area (Å²) in [6.07, 6.45) is 0. The molecule has 0 radical (unpaired) electrons. The van der Waals surface area contributed by atoms with Crippen LogP contribution in [-0.2, 0) is 4.79 Å². The number of nitrogens with zero attached hydrogens (tertiary/aromatic N) is 1. The molecule has 2 rings (SSSR count). The Morgan fingerprint density at radius 3 is 2.33 bits per heavy atom. The summed E-state index contributed by atoms with van der Waals surface area (Å²) < 4.78 is 0. The molecule has 0 fully saturated rings. The van der Waals surface area contributed by atoms with E-state index in [2.05, 4.69) is 10.6 Å². The second-order valence-electron chi connectivity index (χ2n) is 4.88. The van der Waals surface area contributed by atoms with Crippen LogP contribution < -0.4 is 16.4 Å². The first-order chi connectivity index (χ1) is 11.5. The molecule has 7 heteroatoms. The fraction of sp³-hybridized carbons (Fsp3) is 0.0588. The molecular weight excluding hydrogens is 308 g/mol. The van der Waals surface area contributed by atoms with Crippen LogP contribution in [0.2, 0.25) is 0 Å². The first kappa shape index (κ1) is 16.7. The first-order valence-electron chi connectivity index (χ1n) is 6.97. The lowest BCUT2D eigenvalue weighted by molar-refractivity contribution is -0.117. The Bertz CT molecular complexity index is 840. The van der Waals surface area contributed by atoms with Crippen LogP contribution in [0, 0.1) is 11.3 Å². The smallest absolute Gasteiger partial charge is 0.255 e. The Morgan fingerprint density at radius 1 is 1.00 bits per heavy atom. The molecule has 0 aliphatic rings. The summed E-state index contributed by atoms with van der Waals surface area (Å²) in [6.45, 7) is -0.267. The fourth-order valence-corrected chi connectivity index (χ4v) is 1.94. The van der Waals surface area contributed by atoms with Crippen LogP contribution in [0.1, 0.15) is 26.3 Å².